The molecule has 0 N–H and O–H groups in total. The first-order chi connectivity index (χ1) is 12.8. The van der Waals surface area contributed by atoms with Crippen molar-refractivity contribution in [3.8, 4) is 0 Å². The van der Waals surface area contributed by atoms with Crippen molar-refractivity contribution < 1.29 is 19.1 Å². The number of amides is 2. The Morgan fingerprint density at radius 2 is 2.04 bits per heavy atom. The van der Waals surface area contributed by atoms with Crippen LogP contribution in [0.1, 0.15) is 39.7 Å². The molecule has 0 unspecified atom stereocenters. The Labute approximate surface area is 159 Å². The van der Waals surface area contributed by atoms with Crippen LogP contribution in [0.4, 0.5) is 4.79 Å². The Morgan fingerprint density at radius 3 is 2.67 bits per heavy atom. The van der Waals surface area contributed by atoms with Gasteiger partial charge in [-0.1, -0.05) is 0 Å². The van der Waals surface area contributed by atoms with Gasteiger partial charge in [-0.05, 0) is 46.1 Å². The van der Waals surface area contributed by atoms with Gasteiger partial charge in [-0.25, -0.2) is 14.8 Å². The maximum atomic E-state index is 12.8. The second-order valence-corrected chi connectivity index (χ2v) is 8.21. The number of morpholine rings is 1. The zero-order chi connectivity index (χ0) is 19.6. The molecule has 27 heavy (non-hydrogen) atoms. The quantitative estimate of drug-likeness (QED) is 0.797. The summed E-state index contributed by atoms with van der Waals surface area (Å²) in [7, 11) is 0. The molecule has 8 heteroatoms. The second-order valence-electron chi connectivity index (χ2n) is 8.21. The van der Waals surface area contributed by atoms with Gasteiger partial charge in [0.1, 0.15) is 18.5 Å². The standard InChI is InChI=1S/C19H28N4O4/c1-13-10-26-11-17(24)23(13)15-5-6-22(18(25)27-19(2,3)4)16(15)7-14-8-20-12-21-9-14/h8-9,12-13,15-16H,5-7,10-11H2,1-4H3/t13-,15-,16+/m1/s1. The van der Waals surface area contributed by atoms with Gasteiger partial charge >= 0.3 is 6.09 Å². The van der Waals surface area contributed by atoms with Gasteiger partial charge in [-0.3, -0.25) is 4.79 Å². The van der Waals surface area contributed by atoms with E-state index in [4.69, 9.17) is 9.47 Å². The van der Waals surface area contributed by atoms with Crippen molar-refractivity contribution in [3.05, 3.63) is 24.3 Å². The summed E-state index contributed by atoms with van der Waals surface area (Å²) >= 11 is 0. The van der Waals surface area contributed by atoms with E-state index in [0.717, 1.165) is 5.56 Å². The molecule has 3 atom stereocenters. The van der Waals surface area contributed by atoms with Gasteiger partial charge in [0, 0.05) is 18.9 Å². The van der Waals surface area contributed by atoms with E-state index < -0.39 is 5.60 Å². The van der Waals surface area contributed by atoms with E-state index >= 15 is 0 Å². The van der Waals surface area contributed by atoms with Crippen molar-refractivity contribution in [2.24, 2.45) is 0 Å². The number of rotatable bonds is 3. The van der Waals surface area contributed by atoms with Gasteiger partial charge in [0.2, 0.25) is 5.91 Å². The van der Waals surface area contributed by atoms with Gasteiger partial charge in [0.05, 0.1) is 24.7 Å². The monoisotopic (exact) mass is 376 g/mol. The molecule has 0 saturated carbocycles. The summed E-state index contributed by atoms with van der Waals surface area (Å²) in [6.07, 6.45) is 5.92. The van der Waals surface area contributed by atoms with Crippen LogP contribution in [0.15, 0.2) is 18.7 Å². The minimum absolute atomic E-state index is 0.0237. The van der Waals surface area contributed by atoms with E-state index in [1.54, 1.807) is 17.3 Å². The third-order valence-corrected chi connectivity index (χ3v) is 4.90. The predicted octanol–water partition coefficient (Wildman–Crippen LogP) is 1.64. The summed E-state index contributed by atoms with van der Waals surface area (Å²) in [6.45, 7) is 8.69. The van der Waals surface area contributed by atoms with E-state index in [1.807, 2.05) is 32.6 Å². The molecular weight excluding hydrogens is 348 g/mol. The van der Waals surface area contributed by atoms with Crippen LogP contribution in [0.2, 0.25) is 0 Å². The fraction of sp³-hybridized carbons (Fsp3) is 0.684. The van der Waals surface area contributed by atoms with Gasteiger partial charge in [-0.2, -0.15) is 0 Å². The molecule has 8 nitrogen and oxygen atoms in total. The average Bonchev–Trinajstić information content (AvgIpc) is 2.98. The number of aromatic nitrogens is 2. The van der Waals surface area contributed by atoms with Crippen LogP contribution in [0.25, 0.3) is 0 Å². The Morgan fingerprint density at radius 1 is 1.33 bits per heavy atom. The SMILES string of the molecule is C[C@@H]1COCC(=O)N1[C@@H]1CCN(C(=O)OC(C)(C)C)[C@H]1Cc1cncnc1. The predicted molar refractivity (Wildman–Crippen MR) is 98.0 cm³/mol. The first-order valence-electron chi connectivity index (χ1n) is 9.38. The molecule has 3 rings (SSSR count). The maximum absolute atomic E-state index is 12.8. The van der Waals surface area contributed by atoms with Crippen molar-refractivity contribution in [1.82, 2.24) is 19.8 Å². The highest BCUT2D eigenvalue weighted by Crippen LogP contribution is 2.30. The zero-order valence-electron chi connectivity index (χ0n) is 16.4. The van der Waals surface area contributed by atoms with Gasteiger partial charge < -0.3 is 19.3 Å². The summed E-state index contributed by atoms with van der Waals surface area (Å²) in [5.74, 6) is -0.0286. The van der Waals surface area contributed by atoms with Crippen LogP contribution in [0.3, 0.4) is 0 Å². The molecule has 0 aromatic carbocycles. The summed E-state index contributed by atoms with van der Waals surface area (Å²) in [4.78, 5) is 37.1. The summed E-state index contributed by atoms with van der Waals surface area (Å²) < 4.78 is 11.0. The normalized spacial score (nSPS) is 26.4. The number of carbonyl (C=O) groups is 2. The molecule has 0 bridgehead atoms. The molecule has 2 amide bonds. The van der Waals surface area contributed by atoms with Crippen molar-refractivity contribution in [2.45, 2.75) is 64.3 Å². The van der Waals surface area contributed by atoms with Gasteiger partial charge in [-0.15, -0.1) is 0 Å². The lowest BCUT2D eigenvalue weighted by Gasteiger charge is -2.41. The highest BCUT2D eigenvalue weighted by molar-refractivity contribution is 5.79. The molecule has 3 heterocycles. The van der Waals surface area contributed by atoms with Gasteiger partial charge in [0.25, 0.3) is 0 Å². The second kappa shape index (κ2) is 7.80. The topological polar surface area (TPSA) is 84.9 Å². The van der Waals surface area contributed by atoms with Crippen LogP contribution < -0.4 is 0 Å². The molecule has 2 saturated heterocycles. The van der Waals surface area contributed by atoms with E-state index in [-0.39, 0.29) is 36.7 Å². The number of carbonyl (C=O) groups excluding carboxylic acids is 2. The number of nitrogens with zero attached hydrogens (tertiary/aromatic N) is 4. The van der Waals surface area contributed by atoms with E-state index in [2.05, 4.69) is 9.97 Å². The number of hydrogen-bond acceptors (Lipinski definition) is 6. The van der Waals surface area contributed by atoms with Crippen LogP contribution >= 0.6 is 0 Å². The van der Waals surface area contributed by atoms with E-state index in [0.29, 0.717) is 26.0 Å². The van der Waals surface area contributed by atoms with E-state index in [9.17, 15) is 9.59 Å². The molecule has 2 aliphatic heterocycles. The van der Waals surface area contributed by atoms with Crippen molar-refractivity contribution in [2.75, 3.05) is 19.8 Å². The lowest BCUT2D eigenvalue weighted by atomic mass is 9.98. The number of hydrogen-bond donors (Lipinski definition) is 0. The zero-order valence-corrected chi connectivity index (χ0v) is 16.4. The third kappa shape index (κ3) is 4.55. The fourth-order valence-electron chi connectivity index (χ4n) is 3.86. The van der Waals surface area contributed by atoms with E-state index in [1.165, 1.54) is 6.33 Å². The molecule has 148 valence electrons. The molecule has 2 aliphatic rings. The highest BCUT2D eigenvalue weighted by Gasteiger charge is 2.45. The Balaban J connectivity index is 1.86. The van der Waals surface area contributed by atoms with Crippen LogP contribution in [-0.4, -0.2) is 75.3 Å². The Kier molecular flexibility index (Phi) is 5.64. The number of ether oxygens (including phenoxy) is 2. The summed E-state index contributed by atoms with van der Waals surface area (Å²) in [6, 6.07) is -0.288. The van der Waals surface area contributed by atoms with Crippen molar-refractivity contribution in [3.63, 3.8) is 0 Å². The van der Waals surface area contributed by atoms with Crippen molar-refractivity contribution >= 4 is 12.0 Å². The largest absolute Gasteiger partial charge is 0.444 e. The molecule has 1 aromatic rings. The molecule has 2 fully saturated rings. The average molecular weight is 376 g/mol. The minimum atomic E-state index is -0.572. The molecule has 0 spiro atoms. The first kappa shape index (κ1) is 19.5. The summed E-state index contributed by atoms with van der Waals surface area (Å²) in [5.41, 5.74) is 0.355. The molecule has 0 radical (unpaired) electrons. The highest BCUT2D eigenvalue weighted by atomic mass is 16.6. The molecule has 0 aliphatic carbocycles. The minimum Gasteiger partial charge on any atom is -0.444 e. The van der Waals surface area contributed by atoms with Gasteiger partial charge in [0.15, 0.2) is 0 Å². The Bertz CT molecular complexity index is 676. The van der Waals surface area contributed by atoms with Crippen LogP contribution in [0, 0.1) is 0 Å². The first-order valence-corrected chi connectivity index (χ1v) is 9.38. The maximum Gasteiger partial charge on any atom is 0.410 e. The molecule has 1 aromatic heterocycles. The van der Waals surface area contributed by atoms with Crippen LogP contribution in [-0.2, 0) is 20.7 Å². The fourth-order valence-corrected chi connectivity index (χ4v) is 3.86. The Hall–Kier alpha value is -2.22. The third-order valence-electron chi connectivity index (χ3n) is 4.90. The molecular formula is C19H28N4O4. The van der Waals surface area contributed by atoms with Crippen LogP contribution in [0.5, 0.6) is 0 Å². The smallest absolute Gasteiger partial charge is 0.410 e. The summed E-state index contributed by atoms with van der Waals surface area (Å²) in [5, 5.41) is 0. The lowest BCUT2D eigenvalue weighted by Crippen LogP contribution is -2.57. The number of likely N-dealkylation sites (tertiary alicyclic amines) is 1. The van der Waals surface area contributed by atoms with Crippen molar-refractivity contribution in [1.29, 1.82) is 0 Å². The lowest BCUT2D eigenvalue weighted by molar-refractivity contribution is -0.151.